The van der Waals surface area contributed by atoms with Gasteiger partial charge in [0.25, 0.3) is 5.91 Å². The number of methoxy groups -OCH3 is 1. The molecule has 0 saturated carbocycles. The predicted molar refractivity (Wildman–Crippen MR) is 62.3 cm³/mol. The van der Waals surface area contributed by atoms with Gasteiger partial charge in [0.15, 0.2) is 0 Å². The third-order valence-corrected chi connectivity index (χ3v) is 2.56. The minimum Gasteiger partial charge on any atom is -0.497 e. The molecule has 2 aromatic rings. The van der Waals surface area contributed by atoms with Crippen LogP contribution in [-0.4, -0.2) is 23.2 Å². The molecule has 1 aromatic heterocycles. The van der Waals surface area contributed by atoms with Crippen LogP contribution in [0.15, 0.2) is 24.3 Å². The Morgan fingerprint density at radius 1 is 1.41 bits per heavy atom. The molecule has 0 radical (unpaired) electrons. The first-order valence-electron chi connectivity index (χ1n) is 5.05. The number of nitrogens with zero attached hydrogens (tertiary/aromatic N) is 1. The summed E-state index contributed by atoms with van der Waals surface area (Å²) in [5, 5.41) is 9.49. The lowest BCUT2D eigenvalue weighted by Crippen LogP contribution is -2.20. The highest BCUT2D eigenvalue weighted by atomic mass is 16.5. The number of hydroxylamine groups is 1. The highest BCUT2D eigenvalue weighted by Gasteiger charge is 2.09. The second kappa shape index (κ2) is 4.39. The fraction of sp³-hybridized carbons (Fsp3) is 0.167. The zero-order valence-electron chi connectivity index (χ0n) is 9.52. The van der Waals surface area contributed by atoms with Crippen molar-refractivity contribution >= 4 is 16.8 Å². The van der Waals surface area contributed by atoms with E-state index in [9.17, 15) is 4.79 Å². The maximum atomic E-state index is 11.3. The number of hydrogen-bond acceptors (Lipinski definition) is 4. The van der Waals surface area contributed by atoms with Gasteiger partial charge in [0.2, 0.25) is 0 Å². The van der Waals surface area contributed by atoms with Crippen molar-refractivity contribution in [3.63, 3.8) is 0 Å². The molecule has 1 aromatic carbocycles. The maximum absolute atomic E-state index is 11.3. The van der Waals surface area contributed by atoms with Crippen molar-refractivity contribution in [1.29, 1.82) is 0 Å². The Morgan fingerprint density at radius 2 is 2.18 bits per heavy atom. The molecule has 5 nitrogen and oxygen atoms in total. The van der Waals surface area contributed by atoms with E-state index >= 15 is 0 Å². The molecule has 2 rings (SSSR count). The van der Waals surface area contributed by atoms with Crippen molar-refractivity contribution in [1.82, 2.24) is 10.5 Å². The lowest BCUT2D eigenvalue weighted by Gasteiger charge is -2.07. The van der Waals surface area contributed by atoms with Gasteiger partial charge in [-0.05, 0) is 36.8 Å². The van der Waals surface area contributed by atoms with E-state index < -0.39 is 5.91 Å². The van der Waals surface area contributed by atoms with E-state index in [4.69, 9.17) is 9.94 Å². The van der Waals surface area contributed by atoms with E-state index in [1.807, 2.05) is 13.0 Å². The Labute approximate surface area is 98.0 Å². The number of amides is 1. The van der Waals surface area contributed by atoms with Gasteiger partial charge in [0.05, 0.1) is 12.6 Å². The average Bonchev–Trinajstić information content (AvgIpc) is 2.37. The van der Waals surface area contributed by atoms with Gasteiger partial charge in [-0.15, -0.1) is 0 Å². The number of nitrogens with one attached hydrogen (secondary N) is 1. The second-order valence-corrected chi connectivity index (χ2v) is 3.65. The highest BCUT2D eigenvalue weighted by molar-refractivity contribution is 5.95. The molecule has 5 heteroatoms. The van der Waals surface area contributed by atoms with Gasteiger partial charge in [0, 0.05) is 5.39 Å². The number of rotatable bonds is 2. The summed E-state index contributed by atoms with van der Waals surface area (Å²) in [6, 6.07) is 7.02. The number of aryl methyl sites for hydroxylation is 1. The fourth-order valence-corrected chi connectivity index (χ4v) is 1.67. The van der Waals surface area contributed by atoms with Crippen LogP contribution < -0.4 is 10.2 Å². The molecule has 0 unspecified atom stereocenters. The zero-order valence-corrected chi connectivity index (χ0v) is 9.52. The quantitative estimate of drug-likeness (QED) is 0.610. The van der Waals surface area contributed by atoms with E-state index in [0.717, 1.165) is 16.7 Å². The van der Waals surface area contributed by atoms with Gasteiger partial charge in [-0.2, -0.15) is 0 Å². The lowest BCUT2D eigenvalue weighted by atomic mass is 10.1. The van der Waals surface area contributed by atoms with Crippen molar-refractivity contribution in [2.45, 2.75) is 6.92 Å². The van der Waals surface area contributed by atoms with Crippen LogP contribution in [0.4, 0.5) is 0 Å². The zero-order chi connectivity index (χ0) is 12.4. The van der Waals surface area contributed by atoms with Gasteiger partial charge in [-0.25, -0.2) is 10.5 Å². The van der Waals surface area contributed by atoms with Crippen LogP contribution in [0.5, 0.6) is 5.75 Å². The molecule has 0 aliphatic heterocycles. The Balaban J connectivity index is 2.63. The van der Waals surface area contributed by atoms with Gasteiger partial charge in [-0.3, -0.25) is 10.0 Å². The summed E-state index contributed by atoms with van der Waals surface area (Å²) in [5.41, 5.74) is 3.33. The number of pyridine rings is 1. The number of aromatic nitrogens is 1. The van der Waals surface area contributed by atoms with E-state index in [2.05, 4.69) is 4.98 Å². The summed E-state index contributed by atoms with van der Waals surface area (Å²) in [6.07, 6.45) is 0. The van der Waals surface area contributed by atoms with Crippen molar-refractivity contribution in [3.8, 4) is 5.75 Å². The van der Waals surface area contributed by atoms with Crippen molar-refractivity contribution in [2.24, 2.45) is 0 Å². The minimum atomic E-state index is -0.620. The number of ether oxygens (including phenoxy) is 1. The predicted octanol–water partition coefficient (Wildman–Crippen LogP) is 1.67. The van der Waals surface area contributed by atoms with Crippen molar-refractivity contribution in [3.05, 3.63) is 35.5 Å². The molecule has 0 fully saturated rings. The molecule has 0 aliphatic rings. The number of hydrogen-bond donors (Lipinski definition) is 2. The van der Waals surface area contributed by atoms with Crippen molar-refractivity contribution < 1.29 is 14.7 Å². The van der Waals surface area contributed by atoms with Gasteiger partial charge < -0.3 is 4.74 Å². The maximum Gasteiger partial charge on any atom is 0.293 e. The first-order chi connectivity index (χ1) is 8.15. The second-order valence-electron chi connectivity index (χ2n) is 3.65. The summed E-state index contributed by atoms with van der Waals surface area (Å²) in [4.78, 5) is 15.4. The van der Waals surface area contributed by atoms with E-state index in [1.54, 1.807) is 30.8 Å². The van der Waals surface area contributed by atoms with Crippen molar-refractivity contribution in [2.75, 3.05) is 7.11 Å². The summed E-state index contributed by atoms with van der Waals surface area (Å²) in [6.45, 7) is 1.87. The van der Waals surface area contributed by atoms with Gasteiger partial charge in [-0.1, -0.05) is 0 Å². The molecule has 1 amide bonds. The summed E-state index contributed by atoms with van der Waals surface area (Å²) < 4.78 is 5.13. The SMILES string of the molecule is COc1ccc2nc(C(=O)NO)cc(C)c2c1. The number of fused-ring (bicyclic) bond motifs is 1. The molecule has 0 saturated heterocycles. The lowest BCUT2D eigenvalue weighted by molar-refractivity contribution is 0.0701. The van der Waals surface area contributed by atoms with E-state index in [0.29, 0.717) is 5.52 Å². The molecule has 2 N–H and O–H groups in total. The monoisotopic (exact) mass is 232 g/mol. The third kappa shape index (κ3) is 2.05. The largest absolute Gasteiger partial charge is 0.497 e. The topological polar surface area (TPSA) is 71.5 Å². The van der Waals surface area contributed by atoms with Crippen LogP contribution >= 0.6 is 0 Å². The van der Waals surface area contributed by atoms with Gasteiger partial charge >= 0.3 is 0 Å². The summed E-state index contributed by atoms with van der Waals surface area (Å²) in [5.74, 6) is 0.118. The molecule has 88 valence electrons. The smallest absolute Gasteiger partial charge is 0.293 e. The minimum absolute atomic E-state index is 0.183. The Hall–Kier alpha value is -2.14. The highest BCUT2D eigenvalue weighted by Crippen LogP contribution is 2.23. The van der Waals surface area contributed by atoms with Crippen LogP contribution in [0.3, 0.4) is 0 Å². The number of carbonyl (C=O) groups is 1. The first kappa shape index (κ1) is 11.3. The molecular weight excluding hydrogens is 220 g/mol. The van der Waals surface area contributed by atoms with Crippen LogP contribution in [0.25, 0.3) is 10.9 Å². The summed E-state index contributed by atoms with van der Waals surface area (Å²) in [7, 11) is 1.59. The Morgan fingerprint density at radius 3 is 2.82 bits per heavy atom. The molecule has 17 heavy (non-hydrogen) atoms. The van der Waals surface area contributed by atoms with E-state index in [-0.39, 0.29) is 5.69 Å². The van der Waals surface area contributed by atoms with Crippen LogP contribution in [0, 0.1) is 6.92 Å². The van der Waals surface area contributed by atoms with Crippen LogP contribution in [0.1, 0.15) is 16.1 Å². The molecule has 1 heterocycles. The van der Waals surface area contributed by atoms with Crippen LogP contribution in [0.2, 0.25) is 0 Å². The first-order valence-corrected chi connectivity index (χ1v) is 5.05. The molecule has 0 spiro atoms. The molecule has 0 atom stereocenters. The number of carbonyl (C=O) groups excluding carboxylic acids is 1. The standard InChI is InChI=1S/C12H12N2O3/c1-7-5-11(12(15)14-16)13-10-4-3-8(17-2)6-9(7)10/h3-6,16H,1-2H3,(H,14,15). The Bertz CT molecular complexity index is 581. The molecule has 0 aliphatic carbocycles. The molecular formula is C12H12N2O3. The van der Waals surface area contributed by atoms with E-state index in [1.165, 1.54) is 0 Å². The van der Waals surface area contributed by atoms with Crippen LogP contribution in [-0.2, 0) is 0 Å². The Kier molecular flexibility index (Phi) is 2.93. The fourth-order valence-electron chi connectivity index (χ4n) is 1.67. The third-order valence-electron chi connectivity index (χ3n) is 2.56. The number of benzene rings is 1. The normalized spacial score (nSPS) is 10.3. The summed E-state index contributed by atoms with van der Waals surface area (Å²) >= 11 is 0. The molecule has 0 bridgehead atoms. The average molecular weight is 232 g/mol. The van der Waals surface area contributed by atoms with Gasteiger partial charge in [0.1, 0.15) is 11.4 Å².